The van der Waals surface area contributed by atoms with Gasteiger partial charge in [-0.1, -0.05) is 29.8 Å². The van der Waals surface area contributed by atoms with Crippen LogP contribution in [0.3, 0.4) is 0 Å². The van der Waals surface area contributed by atoms with Crippen LogP contribution in [0.5, 0.6) is 0 Å². The molecule has 0 aliphatic carbocycles. The zero-order valence-corrected chi connectivity index (χ0v) is 10.7. The third-order valence-electron chi connectivity index (χ3n) is 2.80. The lowest BCUT2D eigenvalue weighted by molar-refractivity contribution is -0.139. The van der Waals surface area contributed by atoms with Gasteiger partial charge < -0.3 is 5.11 Å². The predicted molar refractivity (Wildman–Crippen MR) is 66.9 cm³/mol. The van der Waals surface area contributed by atoms with Crippen LogP contribution < -0.4 is 0 Å². The maximum atomic E-state index is 13.0. The monoisotopic (exact) mass is 304 g/mol. The molecule has 106 valence electrons. The van der Waals surface area contributed by atoms with Gasteiger partial charge in [0.1, 0.15) is 11.9 Å². The van der Waals surface area contributed by atoms with Crippen molar-refractivity contribution in [2.24, 2.45) is 0 Å². The molecular formula is C14H9ClF4O. The van der Waals surface area contributed by atoms with E-state index in [0.29, 0.717) is 11.1 Å². The average molecular weight is 305 g/mol. The largest absolute Gasteiger partial charge is 0.416 e. The van der Waals surface area contributed by atoms with E-state index in [1.165, 1.54) is 24.3 Å². The molecule has 0 heterocycles. The Balaban J connectivity index is 2.49. The van der Waals surface area contributed by atoms with Crippen LogP contribution in [-0.2, 0) is 6.18 Å². The third-order valence-corrected chi connectivity index (χ3v) is 3.05. The van der Waals surface area contributed by atoms with Gasteiger partial charge in [-0.15, -0.1) is 0 Å². The van der Waals surface area contributed by atoms with Crippen molar-refractivity contribution in [3.05, 3.63) is 70.0 Å². The molecule has 1 N–H and O–H groups in total. The molecule has 0 fully saturated rings. The van der Waals surface area contributed by atoms with Crippen molar-refractivity contribution >= 4 is 11.6 Å². The minimum atomic E-state index is -4.75. The Morgan fingerprint density at radius 3 is 2.15 bits per heavy atom. The van der Waals surface area contributed by atoms with E-state index in [4.69, 9.17) is 11.6 Å². The molecule has 1 atom stereocenters. The highest BCUT2D eigenvalue weighted by molar-refractivity contribution is 6.30. The predicted octanol–water partition coefficient (Wildman–Crippen LogP) is 4.58. The van der Waals surface area contributed by atoms with Crippen LogP contribution in [0.1, 0.15) is 22.8 Å². The highest BCUT2D eigenvalue weighted by atomic mass is 35.5. The molecule has 0 radical (unpaired) electrons. The lowest BCUT2D eigenvalue weighted by Crippen LogP contribution is -2.13. The van der Waals surface area contributed by atoms with E-state index < -0.39 is 29.2 Å². The fraction of sp³-hybridized carbons (Fsp3) is 0.143. The van der Waals surface area contributed by atoms with Gasteiger partial charge in [-0.05, 0) is 35.4 Å². The summed E-state index contributed by atoms with van der Waals surface area (Å²) in [4.78, 5) is 0. The molecule has 1 unspecified atom stereocenters. The van der Waals surface area contributed by atoms with E-state index >= 15 is 0 Å². The summed E-state index contributed by atoms with van der Waals surface area (Å²) in [5.41, 5.74) is -1.35. The van der Waals surface area contributed by atoms with Crippen molar-refractivity contribution in [3.8, 4) is 0 Å². The molecule has 0 aliphatic rings. The summed E-state index contributed by atoms with van der Waals surface area (Å²) >= 11 is 5.68. The van der Waals surface area contributed by atoms with Crippen LogP contribution >= 0.6 is 11.6 Å². The third kappa shape index (κ3) is 3.11. The molecule has 0 saturated heterocycles. The summed E-state index contributed by atoms with van der Waals surface area (Å²) in [6, 6.07) is 7.91. The molecule has 1 nitrogen and oxygen atoms in total. The highest BCUT2D eigenvalue weighted by Gasteiger charge is 2.35. The summed E-state index contributed by atoms with van der Waals surface area (Å²) in [7, 11) is 0. The van der Waals surface area contributed by atoms with Crippen molar-refractivity contribution in [1.82, 2.24) is 0 Å². The molecule has 6 heteroatoms. The fourth-order valence-corrected chi connectivity index (χ4v) is 1.96. The van der Waals surface area contributed by atoms with E-state index in [2.05, 4.69) is 0 Å². The number of benzene rings is 2. The Morgan fingerprint density at radius 2 is 1.60 bits per heavy atom. The summed E-state index contributed by atoms with van der Waals surface area (Å²) in [6.45, 7) is 0. The maximum Gasteiger partial charge on any atom is 0.416 e. The first kappa shape index (κ1) is 14.8. The second-order valence-corrected chi connectivity index (χ2v) is 4.62. The zero-order valence-electron chi connectivity index (χ0n) is 9.96. The Bertz CT molecular complexity index is 608. The van der Waals surface area contributed by atoms with Crippen LogP contribution in [-0.4, -0.2) is 5.11 Å². The number of halogens is 5. The molecule has 0 amide bonds. The van der Waals surface area contributed by atoms with E-state index in [0.717, 1.165) is 12.1 Å². The maximum absolute atomic E-state index is 13.0. The molecule has 0 aromatic heterocycles. The van der Waals surface area contributed by atoms with Gasteiger partial charge in [0, 0.05) is 5.02 Å². The SMILES string of the molecule is OC(c1ccc(Cl)cc1)c1ccc(F)cc1C(F)(F)F. The molecule has 2 aromatic carbocycles. The summed E-state index contributed by atoms with van der Waals surface area (Å²) in [6.07, 6.45) is -6.25. The van der Waals surface area contributed by atoms with Gasteiger partial charge in [0.15, 0.2) is 0 Å². The lowest BCUT2D eigenvalue weighted by Gasteiger charge is -2.18. The Labute approximate surface area is 117 Å². The second-order valence-electron chi connectivity index (χ2n) is 4.18. The number of alkyl halides is 3. The van der Waals surface area contributed by atoms with Crippen molar-refractivity contribution in [3.63, 3.8) is 0 Å². The van der Waals surface area contributed by atoms with E-state index in [1.54, 1.807) is 0 Å². The first-order chi connectivity index (χ1) is 9.29. The molecule has 0 spiro atoms. The molecule has 20 heavy (non-hydrogen) atoms. The summed E-state index contributed by atoms with van der Waals surface area (Å²) in [5, 5.41) is 10.5. The molecule has 2 aromatic rings. The molecule has 2 rings (SSSR count). The van der Waals surface area contributed by atoms with Gasteiger partial charge in [-0.3, -0.25) is 0 Å². The highest BCUT2D eigenvalue weighted by Crippen LogP contribution is 2.37. The lowest BCUT2D eigenvalue weighted by atomic mass is 9.96. The van der Waals surface area contributed by atoms with Crippen molar-refractivity contribution < 1.29 is 22.7 Å². The molecular weight excluding hydrogens is 296 g/mol. The quantitative estimate of drug-likeness (QED) is 0.805. The fourth-order valence-electron chi connectivity index (χ4n) is 1.84. The van der Waals surface area contributed by atoms with Gasteiger partial charge in [0.2, 0.25) is 0 Å². The van der Waals surface area contributed by atoms with Crippen molar-refractivity contribution in [2.45, 2.75) is 12.3 Å². The first-order valence-corrected chi connectivity index (χ1v) is 5.97. The Morgan fingerprint density at radius 1 is 1.00 bits per heavy atom. The number of hydrogen-bond acceptors (Lipinski definition) is 1. The van der Waals surface area contributed by atoms with Crippen LogP contribution in [0.4, 0.5) is 17.6 Å². The number of hydrogen-bond donors (Lipinski definition) is 1. The zero-order chi connectivity index (χ0) is 14.9. The van der Waals surface area contributed by atoms with Crippen LogP contribution in [0, 0.1) is 5.82 Å². The van der Waals surface area contributed by atoms with Gasteiger partial charge in [0.25, 0.3) is 0 Å². The van der Waals surface area contributed by atoms with Crippen LogP contribution in [0.2, 0.25) is 5.02 Å². The van der Waals surface area contributed by atoms with Gasteiger partial charge >= 0.3 is 6.18 Å². The van der Waals surface area contributed by atoms with E-state index in [-0.39, 0.29) is 5.56 Å². The van der Waals surface area contributed by atoms with E-state index in [9.17, 15) is 22.7 Å². The minimum Gasteiger partial charge on any atom is -0.384 e. The smallest absolute Gasteiger partial charge is 0.384 e. The standard InChI is InChI=1S/C14H9ClF4O/c15-9-3-1-8(2-4-9)13(20)11-6-5-10(16)7-12(11)14(17,18)19/h1-7,13,20H. The molecule has 0 aliphatic heterocycles. The van der Waals surface area contributed by atoms with E-state index in [1.807, 2.05) is 0 Å². The topological polar surface area (TPSA) is 20.2 Å². The Hall–Kier alpha value is -1.59. The van der Waals surface area contributed by atoms with Gasteiger partial charge in [-0.25, -0.2) is 4.39 Å². The summed E-state index contributed by atoms with van der Waals surface area (Å²) < 4.78 is 51.6. The second kappa shape index (κ2) is 5.42. The average Bonchev–Trinajstić information content (AvgIpc) is 2.38. The normalized spacial score (nSPS) is 13.3. The van der Waals surface area contributed by atoms with Crippen LogP contribution in [0.25, 0.3) is 0 Å². The first-order valence-electron chi connectivity index (χ1n) is 5.59. The minimum absolute atomic E-state index is 0.242. The van der Waals surface area contributed by atoms with Crippen molar-refractivity contribution in [2.75, 3.05) is 0 Å². The van der Waals surface area contributed by atoms with Crippen LogP contribution in [0.15, 0.2) is 42.5 Å². The van der Waals surface area contributed by atoms with Crippen molar-refractivity contribution in [1.29, 1.82) is 0 Å². The number of aliphatic hydroxyl groups is 1. The number of rotatable bonds is 2. The van der Waals surface area contributed by atoms with Gasteiger partial charge in [0.05, 0.1) is 5.56 Å². The Kier molecular flexibility index (Phi) is 4.01. The summed E-state index contributed by atoms with van der Waals surface area (Å²) in [5.74, 6) is -1.01. The van der Waals surface area contributed by atoms with Gasteiger partial charge in [-0.2, -0.15) is 13.2 Å². The number of aliphatic hydroxyl groups excluding tert-OH is 1. The molecule has 0 saturated carbocycles. The molecule has 0 bridgehead atoms.